The van der Waals surface area contributed by atoms with Crippen LogP contribution in [0.25, 0.3) is 11.4 Å². The summed E-state index contributed by atoms with van der Waals surface area (Å²) in [6, 6.07) is 9.55. The SMILES string of the molecule is Cc1nc(-c2ccccc2)ncc1C(=O)NCCSCC(=O)O. The Balaban J connectivity index is 1.95. The maximum Gasteiger partial charge on any atom is 0.313 e. The van der Waals surface area contributed by atoms with Crippen molar-refractivity contribution in [2.75, 3.05) is 18.1 Å². The molecule has 0 saturated heterocycles. The van der Waals surface area contributed by atoms with Gasteiger partial charge in [-0.1, -0.05) is 30.3 Å². The molecule has 0 radical (unpaired) electrons. The molecule has 2 N–H and O–H groups in total. The number of aromatic nitrogens is 2. The summed E-state index contributed by atoms with van der Waals surface area (Å²) in [5.41, 5.74) is 1.93. The lowest BCUT2D eigenvalue weighted by Gasteiger charge is -2.08. The minimum Gasteiger partial charge on any atom is -0.481 e. The fourth-order valence-electron chi connectivity index (χ4n) is 1.91. The van der Waals surface area contributed by atoms with E-state index in [4.69, 9.17) is 5.11 Å². The minimum absolute atomic E-state index is 0.0315. The van der Waals surface area contributed by atoms with Gasteiger partial charge in [-0.3, -0.25) is 9.59 Å². The quantitative estimate of drug-likeness (QED) is 0.754. The van der Waals surface area contributed by atoms with Crippen LogP contribution in [0.3, 0.4) is 0 Å². The van der Waals surface area contributed by atoms with E-state index in [-0.39, 0.29) is 11.7 Å². The maximum atomic E-state index is 12.1. The topological polar surface area (TPSA) is 92.2 Å². The molecule has 1 heterocycles. The van der Waals surface area contributed by atoms with E-state index < -0.39 is 5.97 Å². The number of carboxylic acids is 1. The Hall–Kier alpha value is -2.41. The number of amides is 1. The summed E-state index contributed by atoms with van der Waals surface area (Å²) in [5.74, 6) is 0.0425. The summed E-state index contributed by atoms with van der Waals surface area (Å²) in [4.78, 5) is 31.1. The van der Waals surface area contributed by atoms with Gasteiger partial charge in [-0.05, 0) is 6.92 Å². The number of hydrogen-bond donors (Lipinski definition) is 2. The molecule has 1 amide bonds. The van der Waals surface area contributed by atoms with Crippen molar-refractivity contribution in [3.8, 4) is 11.4 Å². The van der Waals surface area contributed by atoms with E-state index >= 15 is 0 Å². The van der Waals surface area contributed by atoms with Crippen molar-refractivity contribution in [3.05, 3.63) is 47.8 Å². The molecule has 23 heavy (non-hydrogen) atoms. The highest BCUT2D eigenvalue weighted by atomic mass is 32.2. The van der Waals surface area contributed by atoms with Gasteiger partial charge >= 0.3 is 5.97 Å². The van der Waals surface area contributed by atoms with Crippen LogP contribution >= 0.6 is 11.8 Å². The highest BCUT2D eigenvalue weighted by Crippen LogP contribution is 2.15. The van der Waals surface area contributed by atoms with Gasteiger partial charge in [0.1, 0.15) is 0 Å². The van der Waals surface area contributed by atoms with Crippen LogP contribution in [0.4, 0.5) is 0 Å². The number of rotatable bonds is 7. The predicted molar refractivity (Wildman–Crippen MR) is 89.5 cm³/mol. The van der Waals surface area contributed by atoms with Crippen molar-refractivity contribution in [1.29, 1.82) is 0 Å². The number of carboxylic acid groups (broad SMARTS) is 1. The molecule has 0 fully saturated rings. The average Bonchev–Trinajstić information content (AvgIpc) is 2.54. The highest BCUT2D eigenvalue weighted by molar-refractivity contribution is 7.99. The smallest absolute Gasteiger partial charge is 0.313 e. The van der Waals surface area contributed by atoms with E-state index in [0.29, 0.717) is 29.4 Å². The van der Waals surface area contributed by atoms with Crippen molar-refractivity contribution in [3.63, 3.8) is 0 Å². The third-order valence-corrected chi connectivity index (χ3v) is 3.96. The van der Waals surface area contributed by atoms with Crippen molar-refractivity contribution < 1.29 is 14.7 Å². The minimum atomic E-state index is -0.859. The molecule has 0 bridgehead atoms. The van der Waals surface area contributed by atoms with Crippen molar-refractivity contribution >= 4 is 23.6 Å². The molecular weight excluding hydrogens is 314 g/mol. The number of aryl methyl sites for hydroxylation is 1. The molecule has 0 atom stereocenters. The fraction of sp³-hybridized carbons (Fsp3) is 0.250. The van der Waals surface area contributed by atoms with Gasteiger partial charge in [0.25, 0.3) is 5.91 Å². The number of thioether (sulfide) groups is 1. The lowest BCUT2D eigenvalue weighted by Crippen LogP contribution is -2.27. The Kier molecular flexibility index (Phi) is 6.10. The van der Waals surface area contributed by atoms with Crippen LogP contribution in [0.1, 0.15) is 16.1 Å². The molecule has 0 spiro atoms. The van der Waals surface area contributed by atoms with Gasteiger partial charge in [-0.2, -0.15) is 0 Å². The van der Waals surface area contributed by atoms with Crippen LogP contribution in [-0.4, -0.2) is 45.0 Å². The lowest BCUT2D eigenvalue weighted by molar-refractivity contribution is -0.133. The van der Waals surface area contributed by atoms with E-state index in [1.54, 1.807) is 6.92 Å². The molecule has 1 aromatic heterocycles. The summed E-state index contributed by atoms with van der Waals surface area (Å²) in [6.07, 6.45) is 1.52. The van der Waals surface area contributed by atoms with Crippen molar-refractivity contribution in [1.82, 2.24) is 15.3 Å². The predicted octanol–water partition coefficient (Wildman–Crippen LogP) is 2.00. The number of carbonyl (C=O) groups is 2. The molecule has 2 aromatic rings. The summed E-state index contributed by atoms with van der Waals surface area (Å²) in [6.45, 7) is 2.17. The number of aliphatic carboxylic acids is 1. The van der Waals surface area contributed by atoms with Crippen LogP contribution in [0, 0.1) is 6.92 Å². The Morgan fingerprint density at radius 1 is 1.26 bits per heavy atom. The van der Waals surface area contributed by atoms with Gasteiger partial charge < -0.3 is 10.4 Å². The summed E-state index contributed by atoms with van der Waals surface area (Å²) in [5, 5.41) is 11.3. The van der Waals surface area contributed by atoms with Crippen molar-refractivity contribution in [2.45, 2.75) is 6.92 Å². The molecule has 0 unspecified atom stereocenters. The summed E-state index contributed by atoms with van der Waals surface area (Å²) in [7, 11) is 0. The largest absolute Gasteiger partial charge is 0.481 e. The van der Waals surface area contributed by atoms with Gasteiger partial charge in [-0.15, -0.1) is 11.8 Å². The van der Waals surface area contributed by atoms with Gasteiger partial charge in [0, 0.05) is 24.1 Å². The summed E-state index contributed by atoms with van der Waals surface area (Å²) < 4.78 is 0. The van der Waals surface area contributed by atoms with Gasteiger partial charge in [0.05, 0.1) is 17.0 Å². The Bertz CT molecular complexity index is 692. The number of nitrogens with one attached hydrogen (secondary N) is 1. The second kappa shape index (κ2) is 8.28. The van der Waals surface area contributed by atoms with E-state index in [0.717, 1.165) is 5.56 Å². The zero-order chi connectivity index (χ0) is 16.7. The zero-order valence-corrected chi connectivity index (χ0v) is 13.5. The third kappa shape index (κ3) is 5.07. The average molecular weight is 331 g/mol. The Morgan fingerprint density at radius 2 is 2.00 bits per heavy atom. The van der Waals surface area contributed by atoms with Crippen LogP contribution in [-0.2, 0) is 4.79 Å². The van der Waals surface area contributed by atoms with Crippen LogP contribution in [0.5, 0.6) is 0 Å². The first-order valence-corrected chi connectivity index (χ1v) is 8.20. The van der Waals surface area contributed by atoms with Crippen LogP contribution in [0.2, 0.25) is 0 Å². The molecule has 0 aliphatic rings. The molecular formula is C16H17N3O3S. The molecule has 1 aromatic carbocycles. The first-order chi connectivity index (χ1) is 11.1. The summed E-state index contributed by atoms with van der Waals surface area (Å²) >= 11 is 1.26. The fourth-order valence-corrected chi connectivity index (χ4v) is 2.47. The molecule has 2 rings (SSSR count). The molecule has 7 heteroatoms. The normalized spacial score (nSPS) is 10.3. The van der Waals surface area contributed by atoms with E-state index in [1.165, 1.54) is 18.0 Å². The standard InChI is InChI=1S/C16H17N3O3S/c1-11-13(16(22)17-7-8-23-10-14(20)21)9-18-15(19-11)12-5-3-2-4-6-12/h2-6,9H,7-8,10H2,1H3,(H,17,22)(H,20,21). The zero-order valence-electron chi connectivity index (χ0n) is 12.7. The van der Waals surface area contributed by atoms with E-state index in [9.17, 15) is 9.59 Å². The van der Waals surface area contributed by atoms with Crippen LogP contribution in [0.15, 0.2) is 36.5 Å². The lowest BCUT2D eigenvalue weighted by atomic mass is 10.2. The second-order valence-corrected chi connectivity index (χ2v) is 5.87. The number of carbonyl (C=O) groups excluding carboxylic acids is 1. The number of nitrogens with zero attached hydrogens (tertiary/aromatic N) is 2. The van der Waals surface area contributed by atoms with Gasteiger partial charge in [0.2, 0.25) is 0 Å². The molecule has 6 nitrogen and oxygen atoms in total. The first kappa shape index (κ1) is 17.0. The maximum absolute atomic E-state index is 12.1. The molecule has 0 aliphatic heterocycles. The Labute approximate surface area is 138 Å². The van der Waals surface area contributed by atoms with Gasteiger partial charge in [0.15, 0.2) is 5.82 Å². The number of benzene rings is 1. The Morgan fingerprint density at radius 3 is 2.65 bits per heavy atom. The van der Waals surface area contributed by atoms with E-state index in [2.05, 4.69) is 15.3 Å². The van der Waals surface area contributed by atoms with E-state index in [1.807, 2.05) is 30.3 Å². The first-order valence-electron chi connectivity index (χ1n) is 7.04. The highest BCUT2D eigenvalue weighted by Gasteiger charge is 2.12. The third-order valence-electron chi connectivity index (χ3n) is 3.01. The second-order valence-electron chi connectivity index (χ2n) is 4.76. The number of hydrogen-bond acceptors (Lipinski definition) is 5. The van der Waals surface area contributed by atoms with Crippen LogP contribution < -0.4 is 5.32 Å². The molecule has 0 aliphatic carbocycles. The van der Waals surface area contributed by atoms with Crippen molar-refractivity contribution in [2.24, 2.45) is 0 Å². The van der Waals surface area contributed by atoms with Gasteiger partial charge in [-0.25, -0.2) is 9.97 Å². The molecule has 0 saturated carbocycles. The molecule has 120 valence electrons. The monoisotopic (exact) mass is 331 g/mol.